The first-order chi connectivity index (χ1) is 17.4. The van der Waals surface area contributed by atoms with Gasteiger partial charge in [0.2, 0.25) is 5.91 Å². The fraction of sp³-hybridized carbons (Fsp3) is 0.323. The highest BCUT2D eigenvalue weighted by atomic mass is 16.2. The first-order valence-electron chi connectivity index (χ1n) is 12.6. The molecule has 194 valence electrons. The molecule has 0 spiro atoms. The number of hydrogen-bond acceptors (Lipinski definition) is 3. The van der Waals surface area contributed by atoms with Gasteiger partial charge in [0.1, 0.15) is 0 Å². The van der Waals surface area contributed by atoms with E-state index in [-0.39, 0.29) is 17.2 Å². The molecule has 0 fully saturated rings. The van der Waals surface area contributed by atoms with Crippen LogP contribution in [0.1, 0.15) is 84.9 Å². The van der Waals surface area contributed by atoms with E-state index in [4.69, 9.17) is 0 Å². The maximum absolute atomic E-state index is 12.6. The number of carbonyl (C=O) groups is 3. The van der Waals surface area contributed by atoms with Gasteiger partial charge in [-0.1, -0.05) is 71.0 Å². The molecule has 3 aromatic rings. The molecule has 6 nitrogen and oxygen atoms in total. The lowest BCUT2D eigenvalue weighted by Crippen LogP contribution is -2.43. The molecule has 3 aromatic carbocycles. The molecule has 3 N–H and O–H groups in total. The predicted molar refractivity (Wildman–Crippen MR) is 149 cm³/mol. The molecular formula is C31H37N3O3. The second-order valence-electron chi connectivity index (χ2n) is 10.9. The van der Waals surface area contributed by atoms with Crippen molar-refractivity contribution >= 4 is 23.4 Å². The standard InChI is InChI=1S/C31H37N3O3/c1-20(2)19-22-7-9-23(10-8-22)21(3)28(35)33-34-30(37)25-13-17-27(18-14-25)32-29(36)24-11-15-26(16-12-24)31(4,5)6/h7-18,20-21H,19H2,1-6H3,(H,32,36)(H,33,35)(H,34,37). The van der Waals surface area contributed by atoms with Crippen LogP contribution in [0.25, 0.3) is 0 Å². The van der Waals surface area contributed by atoms with Crippen LogP contribution in [0.5, 0.6) is 0 Å². The third kappa shape index (κ3) is 7.78. The fourth-order valence-corrected chi connectivity index (χ4v) is 3.89. The van der Waals surface area contributed by atoms with Gasteiger partial charge >= 0.3 is 0 Å². The molecule has 0 heterocycles. The molecule has 0 aliphatic carbocycles. The minimum atomic E-state index is -0.441. The number of amides is 3. The van der Waals surface area contributed by atoms with E-state index in [1.165, 1.54) is 5.56 Å². The summed E-state index contributed by atoms with van der Waals surface area (Å²) in [6.45, 7) is 12.5. The Balaban J connectivity index is 1.52. The minimum Gasteiger partial charge on any atom is -0.322 e. The highest BCUT2D eigenvalue weighted by Gasteiger charge is 2.17. The second-order valence-corrected chi connectivity index (χ2v) is 10.9. The van der Waals surface area contributed by atoms with Crippen LogP contribution in [0.3, 0.4) is 0 Å². The van der Waals surface area contributed by atoms with Crippen molar-refractivity contribution in [2.45, 2.75) is 59.3 Å². The third-order valence-corrected chi connectivity index (χ3v) is 6.23. The molecular weight excluding hydrogens is 462 g/mol. The van der Waals surface area contributed by atoms with Gasteiger partial charge < -0.3 is 5.32 Å². The lowest BCUT2D eigenvalue weighted by Gasteiger charge is -2.19. The van der Waals surface area contributed by atoms with Gasteiger partial charge in [-0.25, -0.2) is 0 Å². The van der Waals surface area contributed by atoms with Crippen molar-refractivity contribution in [3.05, 3.63) is 101 Å². The number of anilines is 1. The smallest absolute Gasteiger partial charge is 0.269 e. The number of rotatable bonds is 7. The van der Waals surface area contributed by atoms with Crippen LogP contribution in [-0.4, -0.2) is 17.7 Å². The third-order valence-electron chi connectivity index (χ3n) is 6.23. The SMILES string of the molecule is CC(C)Cc1ccc(C(C)C(=O)NNC(=O)c2ccc(NC(=O)c3ccc(C(C)(C)C)cc3)cc2)cc1. The number of carbonyl (C=O) groups excluding carboxylic acids is 3. The summed E-state index contributed by atoms with van der Waals surface area (Å²) in [6, 6.07) is 22.0. The zero-order chi connectivity index (χ0) is 27.2. The maximum Gasteiger partial charge on any atom is 0.269 e. The van der Waals surface area contributed by atoms with E-state index >= 15 is 0 Å². The normalized spacial score (nSPS) is 12.1. The van der Waals surface area contributed by atoms with Crippen molar-refractivity contribution in [2.24, 2.45) is 5.92 Å². The molecule has 1 atom stereocenters. The Morgan fingerprint density at radius 3 is 1.78 bits per heavy atom. The Hall–Kier alpha value is -3.93. The topological polar surface area (TPSA) is 87.3 Å². The van der Waals surface area contributed by atoms with E-state index in [9.17, 15) is 14.4 Å². The zero-order valence-electron chi connectivity index (χ0n) is 22.5. The van der Waals surface area contributed by atoms with Crippen molar-refractivity contribution in [1.82, 2.24) is 10.9 Å². The highest BCUT2D eigenvalue weighted by molar-refractivity contribution is 6.04. The number of nitrogens with one attached hydrogen (secondary N) is 3. The summed E-state index contributed by atoms with van der Waals surface area (Å²) in [5.74, 6) is -0.813. The summed E-state index contributed by atoms with van der Waals surface area (Å²) in [5.41, 5.74) is 9.74. The van der Waals surface area contributed by atoms with Gasteiger partial charge in [0.25, 0.3) is 11.8 Å². The van der Waals surface area contributed by atoms with Crippen molar-refractivity contribution in [3.63, 3.8) is 0 Å². The average Bonchev–Trinajstić information content (AvgIpc) is 2.86. The van der Waals surface area contributed by atoms with Crippen molar-refractivity contribution in [3.8, 4) is 0 Å². The Labute approximate surface area is 219 Å². The zero-order valence-corrected chi connectivity index (χ0v) is 22.5. The molecule has 0 radical (unpaired) electrons. The van der Waals surface area contributed by atoms with Gasteiger partial charge in [-0.05, 0) is 77.8 Å². The number of hydrogen-bond donors (Lipinski definition) is 3. The Kier molecular flexibility index (Phi) is 8.87. The number of hydrazine groups is 1. The van der Waals surface area contributed by atoms with E-state index in [1.54, 1.807) is 43.3 Å². The van der Waals surface area contributed by atoms with E-state index < -0.39 is 11.8 Å². The van der Waals surface area contributed by atoms with Gasteiger partial charge in [-0.3, -0.25) is 25.2 Å². The average molecular weight is 500 g/mol. The predicted octanol–water partition coefficient (Wildman–Crippen LogP) is 6.00. The van der Waals surface area contributed by atoms with Gasteiger partial charge in [-0.15, -0.1) is 0 Å². The van der Waals surface area contributed by atoms with E-state index in [0.29, 0.717) is 22.7 Å². The van der Waals surface area contributed by atoms with Crippen molar-refractivity contribution < 1.29 is 14.4 Å². The summed E-state index contributed by atoms with van der Waals surface area (Å²) in [6.07, 6.45) is 0.990. The van der Waals surface area contributed by atoms with Gasteiger partial charge in [0, 0.05) is 16.8 Å². The molecule has 3 amide bonds. The molecule has 3 rings (SSSR count). The van der Waals surface area contributed by atoms with Crippen LogP contribution in [0.2, 0.25) is 0 Å². The van der Waals surface area contributed by atoms with Crippen molar-refractivity contribution in [2.75, 3.05) is 5.32 Å². The van der Waals surface area contributed by atoms with Crippen LogP contribution in [0.15, 0.2) is 72.8 Å². The summed E-state index contributed by atoms with van der Waals surface area (Å²) in [5, 5.41) is 2.84. The van der Waals surface area contributed by atoms with Crippen LogP contribution in [0.4, 0.5) is 5.69 Å². The first kappa shape index (κ1) is 27.7. The fourth-order valence-electron chi connectivity index (χ4n) is 3.89. The van der Waals surface area contributed by atoms with E-state index in [0.717, 1.165) is 17.5 Å². The molecule has 37 heavy (non-hydrogen) atoms. The number of benzene rings is 3. The lowest BCUT2D eigenvalue weighted by atomic mass is 9.87. The van der Waals surface area contributed by atoms with Crippen molar-refractivity contribution in [1.29, 1.82) is 0 Å². The summed E-state index contributed by atoms with van der Waals surface area (Å²) >= 11 is 0. The summed E-state index contributed by atoms with van der Waals surface area (Å²) < 4.78 is 0. The molecule has 0 aliphatic heterocycles. The van der Waals surface area contributed by atoms with Gasteiger partial charge in [-0.2, -0.15) is 0 Å². The second kappa shape index (κ2) is 11.9. The minimum absolute atomic E-state index is 0.0156. The first-order valence-corrected chi connectivity index (χ1v) is 12.6. The Morgan fingerprint density at radius 1 is 0.703 bits per heavy atom. The van der Waals surface area contributed by atoms with Crippen LogP contribution < -0.4 is 16.2 Å². The molecule has 0 aromatic heterocycles. The largest absolute Gasteiger partial charge is 0.322 e. The highest BCUT2D eigenvalue weighted by Crippen LogP contribution is 2.22. The van der Waals surface area contributed by atoms with Crippen LogP contribution in [-0.2, 0) is 16.6 Å². The Bertz CT molecular complexity index is 1220. The Morgan fingerprint density at radius 2 is 1.24 bits per heavy atom. The molecule has 0 aliphatic rings. The van der Waals surface area contributed by atoms with Crippen LogP contribution >= 0.6 is 0 Å². The summed E-state index contributed by atoms with van der Waals surface area (Å²) in [7, 11) is 0. The molecule has 0 saturated carbocycles. The molecule has 0 saturated heterocycles. The van der Waals surface area contributed by atoms with Crippen LogP contribution in [0, 0.1) is 5.92 Å². The maximum atomic E-state index is 12.6. The lowest BCUT2D eigenvalue weighted by molar-refractivity contribution is -0.123. The molecule has 0 bridgehead atoms. The molecule has 6 heteroatoms. The monoisotopic (exact) mass is 499 g/mol. The van der Waals surface area contributed by atoms with E-state index in [1.807, 2.05) is 36.4 Å². The summed E-state index contributed by atoms with van der Waals surface area (Å²) in [4.78, 5) is 37.6. The van der Waals surface area contributed by atoms with Gasteiger partial charge in [0.15, 0.2) is 0 Å². The van der Waals surface area contributed by atoms with E-state index in [2.05, 4.69) is 50.8 Å². The quantitative estimate of drug-likeness (QED) is 0.349. The van der Waals surface area contributed by atoms with Gasteiger partial charge in [0.05, 0.1) is 5.92 Å². The molecule has 1 unspecified atom stereocenters.